The van der Waals surface area contributed by atoms with Crippen molar-refractivity contribution in [2.45, 2.75) is 6.92 Å². The minimum Gasteiger partial charge on any atom is -0.323 e. The fourth-order valence-electron chi connectivity index (χ4n) is 2.68. The summed E-state index contributed by atoms with van der Waals surface area (Å²) in [6.07, 6.45) is 5.14. The van der Waals surface area contributed by atoms with Crippen molar-refractivity contribution in [2.75, 3.05) is 5.32 Å². The summed E-state index contributed by atoms with van der Waals surface area (Å²) in [5, 5.41) is 17.6. The Balaban J connectivity index is 1.61. The van der Waals surface area contributed by atoms with E-state index >= 15 is 0 Å². The van der Waals surface area contributed by atoms with E-state index in [2.05, 4.69) is 26.5 Å². The van der Waals surface area contributed by atoms with E-state index in [1.54, 1.807) is 29.5 Å². The van der Waals surface area contributed by atoms with E-state index in [0.717, 1.165) is 17.1 Å². The number of imidazole rings is 1. The van der Waals surface area contributed by atoms with Gasteiger partial charge >= 0.3 is 0 Å². The summed E-state index contributed by atoms with van der Waals surface area (Å²) in [5.74, 6) is 0.407. The molecule has 0 bridgehead atoms. The predicted octanol–water partition coefficient (Wildman–Crippen LogP) is 4.03. The van der Waals surface area contributed by atoms with Crippen molar-refractivity contribution in [2.24, 2.45) is 0 Å². The summed E-state index contributed by atoms with van der Waals surface area (Å²) in [5.41, 5.74) is 3.61. The molecule has 1 N–H and O–H groups in total. The highest BCUT2D eigenvalue weighted by Crippen LogP contribution is 2.23. The minimum atomic E-state index is 0.407. The molecule has 0 amide bonds. The molecule has 0 aliphatic rings. The third-order valence-electron chi connectivity index (χ3n) is 3.95. The van der Waals surface area contributed by atoms with Gasteiger partial charge < -0.3 is 9.88 Å². The van der Waals surface area contributed by atoms with Crippen LogP contribution in [0.25, 0.3) is 11.4 Å². The lowest BCUT2D eigenvalue weighted by molar-refractivity contribution is 0.882. The molecule has 0 saturated heterocycles. The van der Waals surface area contributed by atoms with Gasteiger partial charge in [0.15, 0.2) is 0 Å². The molecule has 27 heavy (non-hydrogen) atoms. The number of anilines is 2. The zero-order valence-electron chi connectivity index (χ0n) is 14.3. The maximum atomic E-state index is 9.50. The Morgan fingerprint density at radius 1 is 1.07 bits per heavy atom. The Bertz CT molecular complexity index is 1150. The zero-order chi connectivity index (χ0) is 18.8. The van der Waals surface area contributed by atoms with Crippen molar-refractivity contribution < 1.29 is 0 Å². The Labute approximate surface area is 160 Å². The van der Waals surface area contributed by atoms with Gasteiger partial charge in [0.05, 0.1) is 34.0 Å². The number of aryl methyl sites for hydroxylation is 1. The van der Waals surface area contributed by atoms with Crippen molar-refractivity contribution >= 4 is 23.2 Å². The van der Waals surface area contributed by atoms with E-state index in [-0.39, 0.29) is 0 Å². The van der Waals surface area contributed by atoms with Crippen LogP contribution in [0.3, 0.4) is 0 Å². The standard InChI is InChI=1S/C19H14ClN7/c1-13-10-26(11-22-13)17-7-6-15(8-14(17)9-21)24-19-23-12-27(25-19)18-5-3-2-4-16(18)20/h2-8,10-12H,1H3,(H,24,25). The second-order valence-electron chi connectivity index (χ2n) is 5.86. The van der Waals surface area contributed by atoms with Crippen LogP contribution >= 0.6 is 11.6 Å². The van der Waals surface area contributed by atoms with Gasteiger partial charge in [-0.25, -0.2) is 9.67 Å². The lowest BCUT2D eigenvalue weighted by atomic mass is 10.1. The van der Waals surface area contributed by atoms with Crippen LogP contribution in [0, 0.1) is 18.3 Å². The van der Waals surface area contributed by atoms with E-state index < -0.39 is 0 Å². The third kappa shape index (κ3) is 3.38. The van der Waals surface area contributed by atoms with Gasteiger partial charge in [0.1, 0.15) is 12.4 Å². The quantitative estimate of drug-likeness (QED) is 0.582. The molecular weight excluding hydrogens is 362 g/mol. The van der Waals surface area contributed by atoms with Crippen molar-refractivity contribution in [1.29, 1.82) is 5.26 Å². The van der Waals surface area contributed by atoms with Gasteiger partial charge in [-0.3, -0.25) is 0 Å². The average molecular weight is 376 g/mol. The maximum Gasteiger partial charge on any atom is 0.246 e. The SMILES string of the molecule is Cc1cn(-c2ccc(Nc3ncn(-c4ccccc4Cl)n3)cc2C#N)cn1. The molecule has 0 radical (unpaired) electrons. The second-order valence-corrected chi connectivity index (χ2v) is 6.26. The fourth-order valence-corrected chi connectivity index (χ4v) is 2.91. The van der Waals surface area contributed by atoms with Crippen LogP contribution in [-0.2, 0) is 0 Å². The Kier molecular flexibility index (Phi) is 4.32. The molecule has 2 aromatic heterocycles. The van der Waals surface area contributed by atoms with Gasteiger partial charge in [-0.1, -0.05) is 23.7 Å². The summed E-state index contributed by atoms with van der Waals surface area (Å²) in [7, 11) is 0. The number of nitriles is 1. The molecule has 0 unspecified atom stereocenters. The molecule has 0 fully saturated rings. The lowest BCUT2D eigenvalue weighted by Crippen LogP contribution is -1.99. The van der Waals surface area contributed by atoms with Crippen LogP contribution in [0.15, 0.2) is 61.3 Å². The van der Waals surface area contributed by atoms with Crippen LogP contribution in [-0.4, -0.2) is 24.3 Å². The average Bonchev–Trinajstić information content (AvgIpc) is 3.31. The molecule has 2 aromatic carbocycles. The highest BCUT2D eigenvalue weighted by atomic mass is 35.5. The largest absolute Gasteiger partial charge is 0.323 e. The first kappa shape index (κ1) is 16.8. The summed E-state index contributed by atoms with van der Waals surface area (Å²) >= 11 is 6.19. The molecule has 0 spiro atoms. The van der Waals surface area contributed by atoms with Crippen molar-refractivity contribution in [3.8, 4) is 17.4 Å². The van der Waals surface area contributed by atoms with Crippen LogP contribution in [0.4, 0.5) is 11.6 Å². The smallest absolute Gasteiger partial charge is 0.246 e. The lowest BCUT2D eigenvalue weighted by Gasteiger charge is -2.08. The van der Waals surface area contributed by atoms with Gasteiger partial charge in [0, 0.05) is 11.9 Å². The van der Waals surface area contributed by atoms with Crippen molar-refractivity contribution in [1.82, 2.24) is 24.3 Å². The molecule has 4 aromatic rings. The number of aromatic nitrogens is 5. The maximum absolute atomic E-state index is 9.50. The first-order valence-electron chi connectivity index (χ1n) is 8.13. The molecule has 2 heterocycles. The van der Waals surface area contributed by atoms with E-state index in [4.69, 9.17) is 11.6 Å². The highest BCUT2D eigenvalue weighted by molar-refractivity contribution is 6.32. The Morgan fingerprint density at radius 3 is 2.67 bits per heavy atom. The van der Waals surface area contributed by atoms with Crippen LogP contribution in [0.1, 0.15) is 11.3 Å². The van der Waals surface area contributed by atoms with E-state index in [1.807, 2.05) is 48.0 Å². The molecule has 0 atom stereocenters. The molecule has 4 rings (SSSR count). The van der Waals surface area contributed by atoms with Crippen LogP contribution in [0.2, 0.25) is 5.02 Å². The number of hydrogen-bond donors (Lipinski definition) is 1. The number of benzene rings is 2. The van der Waals surface area contributed by atoms with Crippen LogP contribution < -0.4 is 5.32 Å². The topological polar surface area (TPSA) is 84.4 Å². The summed E-state index contributed by atoms with van der Waals surface area (Å²) in [6, 6.07) is 15.1. The Morgan fingerprint density at radius 2 is 1.93 bits per heavy atom. The number of nitrogens with zero attached hydrogens (tertiary/aromatic N) is 6. The number of hydrogen-bond acceptors (Lipinski definition) is 5. The molecule has 7 nitrogen and oxygen atoms in total. The van der Waals surface area contributed by atoms with Gasteiger partial charge in [0.2, 0.25) is 5.95 Å². The number of para-hydroxylation sites is 1. The van der Waals surface area contributed by atoms with E-state index in [0.29, 0.717) is 22.2 Å². The normalized spacial score (nSPS) is 10.6. The van der Waals surface area contributed by atoms with Crippen LogP contribution in [0.5, 0.6) is 0 Å². The molecular formula is C19H14ClN7. The summed E-state index contributed by atoms with van der Waals surface area (Å²) < 4.78 is 3.42. The number of halogens is 1. The zero-order valence-corrected chi connectivity index (χ0v) is 15.1. The summed E-state index contributed by atoms with van der Waals surface area (Å²) in [4.78, 5) is 8.45. The predicted molar refractivity (Wildman–Crippen MR) is 103 cm³/mol. The molecule has 8 heteroatoms. The van der Waals surface area contributed by atoms with Crippen molar-refractivity contribution in [3.05, 3.63) is 77.6 Å². The van der Waals surface area contributed by atoms with Gasteiger partial charge in [0.25, 0.3) is 0 Å². The monoisotopic (exact) mass is 375 g/mol. The minimum absolute atomic E-state index is 0.407. The van der Waals surface area contributed by atoms with Crippen molar-refractivity contribution in [3.63, 3.8) is 0 Å². The molecule has 0 saturated carbocycles. The third-order valence-corrected chi connectivity index (χ3v) is 4.27. The molecule has 0 aliphatic carbocycles. The fraction of sp³-hybridized carbons (Fsp3) is 0.0526. The molecule has 0 aliphatic heterocycles. The van der Waals surface area contributed by atoms with E-state index in [1.165, 1.54) is 0 Å². The van der Waals surface area contributed by atoms with Gasteiger partial charge in [-0.2, -0.15) is 10.2 Å². The highest BCUT2D eigenvalue weighted by Gasteiger charge is 2.09. The number of rotatable bonds is 4. The van der Waals surface area contributed by atoms with E-state index in [9.17, 15) is 5.26 Å². The second kappa shape index (κ2) is 6.94. The van der Waals surface area contributed by atoms with Gasteiger partial charge in [-0.15, -0.1) is 5.10 Å². The van der Waals surface area contributed by atoms with Gasteiger partial charge in [-0.05, 0) is 37.3 Å². The Hall–Kier alpha value is -3.63. The number of nitrogens with one attached hydrogen (secondary N) is 1. The summed E-state index contributed by atoms with van der Waals surface area (Å²) in [6.45, 7) is 1.90. The molecule has 132 valence electrons. The first-order valence-corrected chi connectivity index (χ1v) is 8.50. The first-order chi connectivity index (χ1) is 13.1.